The molecular formula is C24H20N8O. The molecular weight excluding hydrogens is 416 g/mol. The first-order valence-electron chi connectivity index (χ1n) is 10.3. The van der Waals surface area contributed by atoms with Gasteiger partial charge in [0, 0.05) is 6.42 Å². The summed E-state index contributed by atoms with van der Waals surface area (Å²) >= 11 is 0. The molecule has 0 aliphatic rings. The molecule has 5 aromatic rings. The molecule has 5 rings (SSSR count). The minimum Gasteiger partial charge on any atom is -0.368 e. The van der Waals surface area contributed by atoms with Gasteiger partial charge in [-0.1, -0.05) is 30.3 Å². The van der Waals surface area contributed by atoms with Crippen LogP contribution in [0, 0.1) is 19.3 Å². The van der Waals surface area contributed by atoms with E-state index in [4.69, 9.17) is 17.1 Å². The van der Waals surface area contributed by atoms with E-state index in [1.807, 2.05) is 55.5 Å². The summed E-state index contributed by atoms with van der Waals surface area (Å²) in [6.45, 7) is 1.90. The van der Waals surface area contributed by atoms with E-state index >= 15 is 0 Å². The van der Waals surface area contributed by atoms with Gasteiger partial charge in [0.05, 0.1) is 29.0 Å². The van der Waals surface area contributed by atoms with Crippen LogP contribution in [0.15, 0.2) is 59.7 Å². The predicted molar refractivity (Wildman–Crippen MR) is 128 cm³/mol. The van der Waals surface area contributed by atoms with E-state index in [1.165, 1.54) is 6.33 Å². The molecule has 0 aliphatic heterocycles. The van der Waals surface area contributed by atoms with Crippen molar-refractivity contribution in [1.82, 2.24) is 29.5 Å². The second kappa shape index (κ2) is 8.09. The van der Waals surface area contributed by atoms with Gasteiger partial charge < -0.3 is 16.0 Å². The molecule has 1 atom stereocenters. The molecule has 4 N–H and O–H groups in total. The van der Waals surface area contributed by atoms with E-state index in [2.05, 4.69) is 31.2 Å². The molecule has 0 amide bonds. The Kier molecular flexibility index (Phi) is 4.95. The first-order chi connectivity index (χ1) is 16.1. The highest BCUT2D eigenvalue weighted by Crippen LogP contribution is 2.27. The number of H-pyrrole nitrogens is 1. The number of fused-ring (bicyclic) bond motifs is 2. The molecule has 0 saturated carbocycles. The van der Waals surface area contributed by atoms with E-state index in [0.29, 0.717) is 39.4 Å². The summed E-state index contributed by atoms with van der Waals surface area (Å²) in [5, 5.41) is 3.88. The molecule has 9 nitrogen and oxygen atoms in total. The van der Waals surface area contributed by atoms with Crippen LogP contribution in [0.4, 0.5) is 11.8 Å². The van der Waals surface area contributed by atoms with Crippen LogP contribution in [-0.4, -0.2) is 29.5 Å². The van der Waals surface area contributed by atoms with Gasteiger partial charge in [0.15, 0.2) is 11.5 Å². The van der Waals surface area contributed by atoms with Crippen molar-refractivity contribution in [2.45, 2.75) is 19.4 Å². The zero-order valence-corrected chi connectivity index (χ0v) is 17.8. The number of aromatic nitrogens is 6. The molecule has 0 spiro atoms. The number of rotatable bonds is 5. The number of para-hydroxylation sites is 1. The van der Waals surface area contributed by atoms with Gasteiger partial charge in [0.1, 0.15) is 11.3 Å². The summed E-state index contributed by atoms with van der Waals surface area (Å²) in [6, 6.07) is 14.4. The molecule has 162 valence electrons. The second-order valence-corrected chi connectivity index (χ2v) is 7.55. The van der Waals surface area contributed by atoms with Crippen LogP contribution in [-0.2, 0) is 0 Å². The number of nitrogens with two attached hydrogens (primary N) is 1. The topological polar surface area (TPSA) is 127 Å². The molecule has 0 radical (unpaired) electrons. The highest BCUT2D eigenvalue weighted by atomic mass is 16.1. The van der Waals surface area contributed by atoms with E-state index in [1.54, 1.807) is 4.57 Å². The predicted octanol–water partition coefficient (Wildman–Crippen LogP) is 3.12. The van der Waals surface area contributed by atoms with Crippen LogP contribution >= 0.6 is 0 Å². The van der Waals surface area contributed by atoms with Crippen LogP contribution in [0.5, 0.6) is 0 Å². The smallest absolute Gasteiger partial charge is 0.266 e. The lowest BCUT2D eigenvalue weighted by Gasteiger charge is -2.22. The molecule has 3 aromatic heterocycles. The van der Waals surface area contributed by atoms with Gasteiger partial charge in [-0.25, -0.2) is 9.97 Å². The number of hydrogen-bond acceptors (Lipinski definition) is 7. The molecule has 9 heteroatoms. The van der Waals surface area contributed by atoms with Crippen molar-refractivity contribution in [3.05, 3.63) is 76.6 Å². The van der Waals surface area contributed by atoms with Gasteiger partial charge in [0.2, 0.25) is 5.95 Å². The van der Waals surface area contributed by atoms with E-state index < -0.39 is 6.04 Å². The Labute approximate surface area is 188 Å². The summed E-state index contributed by atoms with van der Waals surface area (Å²) in [7, 11) is 0. The zero-order valence-electron chi connectivity index (χ0n) is 17.8. The summed E-state index contributed by atoms with van der Waals surface area (Å²) in [5.74, 6) is 3.64. The van der Waals surface area contributed by atoms with Crippen molar-refractivity contribution in [2.24, 2.45) is 0 Å². The zero-order chi connectivity index (χ0) is 22.9. The maximum absolute atomic E-state index is 13.7. The minimum atomic E-state index is -0.548. The minimum absolute atomic E-state index is 0.0686. The number of aryl methyl sites for hydroxylation is 1. The molecule has 2 aromatic carbocycles. The largest absolute Gasteiger partial charge is 0.368 e. The standard InChI is InChI=1S/C24H20N8O/c1-3-8-17(28-21-19-20(27-13-26-19)30-24(25)31-21)22-29-16-12-7-9-14(2)18(16)23(33)32(22)15-10-5-4-6-11-15/h1,4-7,9-13,17H,8H2,2H3,(H4,25,26,27,28,30,31). The lowest BCUT2D eigenvalue weighted by molar-refractivity contribution is 0.695. The lowest BCUT2D eigenvalue weighted by Crippen LogP contribution is -2.29. The number of hydrogen-bond donors (Lipinski definition) is 3. The van der Waals surface area contributed by atoms with Gasteiger partial charge in [-0.05, 0) is 30.7 Å². The van der Waals surface area contributed by atoms with Gasteiger partial charge in [0.25, 0.3) is 5.56 Å². The summed E-state index contributed by atoms with van der Waals surface area (Å²) in [6.07, 6.45) is 7.48. The number of benzene rings is 2. The van der Waals surface area contributed by atoms with Crippen molar-refractivity contribution in [3.63, 3.8) is 0 Å². The summed E-state index contributed by atoms with van der Waals surface area (Å²) < 4.78 is 1.60. The number of nitrogens with zero attached hydrogens (tertiary/aromatic N) is 5. The fraction of sp³-hybridized carbons (Fsp3) is 0.125. The quantitative estimate of drug-likeness (QED) is 0.361. The third kappa shape index (κ3) is 3.53. The summed E-state index contributed by atoms with van der Waals surface area (Å²) in [5.41, 5.74) is 8.85. The number of nitrogen functional groups attached to an aromatic ring is 1. The first kappa shape index (κ1) is 20.2. The number of imidazole rings is 1. The number of anilines is 2. The van der Waals surface area contributed by atoms with Crippen molar-refractivity contribution >= 4 is 33.8 Å². The Hall–Kier alpha value is -4.71. The fourth-order valence-corrected chi connectivity index (χ4v) is 3.92. The van der Waals surface area contributed by atoms with Crippen molar-refractivity contribution in [1.29, 1.82) is 0 Å². The van der Waals surface area contributed by atoms with Gasteiger partial charge in [-0.15, -0.1) is 12.3 Å². The maximum Gasteiger partial charge on any atom is 0.266 e. The second-order valence-electron chi connectivity index (χ2n) is 7.55. The van der Waals surface area contributed by atoms with E-state index in [9.17, 15) is 4.79 Å². The van der Waals surface area contributed by atoms with Crippen LogP contribution in [0.2, 0.25) is 0 Å². The Balaban J connectivity index is 1.76. The lowest BCUT2D eigenvalue weighted by atomic mass is 10.1. The Morgan fingerprint density at radius 3 is 2.76 bits per heavy atom. The normalized spacial score (nSPS) is 12.0. The van der Waals surface area contributed by atoms with Gasteiger partial charge in [-0.2, -0.15) is 9.97 Å². The number of nitrogens with one attached hydrogen (secondary N) is 2. The number of aromatic amines is 1. The molecule has 33 heavy (non-hydrogen) atoms. The van der Waals surface area contributed by atoms with Gasteiger partial charge in [-0.3, -0.25) is 9.36 Å². The molecule has 0 bridgehead atoms. The third-order valence-electron chi connectivity index (χ3n) is 5.39. The first-order valence-corrected chi connectivity index (χ1v) is 10.3. The monoisotopic (exact) mass is 436 g/mol. The Morgan fingerprint density at radius 1 is 1.15 bits per heavy atom. The molecule has 0 aliphatic carbocycles. The average Bonchev–Trinajstić information content (AvgIpc) is 3.28. The highest BCUT2D eigenvalue weighted by Gasteiger charge is 2.23. The SMILES string of the molecule is C#CCC(Nc1nc(N)nc2nc[nH]c12)c1nc2cccc(C)c2c(=O)n1-c1ccccc1. The molecule has 1 unspecified atom stereocenters. The highest BCUT2D eigenvalue weighted by molar-refractivity contribution is 5.84. The Bertz CT molecular complexity index is 1580. The van der Waals surface area contributed by atoms with Crippen molar-refractivity contribution in [2.75, 3.05) is 11.1 Å². The van der Waals surface area contributed by atoms with Crippen LogP contribution < -0.4 is 16.6 Å². The maximum atomic E-state index is 13.7. The van der Waals surface area contributed by atoms with E-state index in [0.717, 1.165) is 5.56 Å². The fourth-order valence-electron chi connectivity index (χ4n) is 3.92. The number of terminal acetylenes is 1. The molecule has 3 heterocycles. The molecule has 0 saturated heterocycles. The van der Waals surface area contributed by atoms with Gasteiger partial charge >= 0.3 is 0 Å². The summed E-state index contributed by atoms with van der Waals surface area (Å²) in [4.78, 5) is 34.2. The van der Waals surface area contributed by atoms with Crippen molar-refractivity contribution < 1.29 is 0 Å². The third-order valence-corrected chi connectivity index (χ3v) is 5.39. The Morgan fingerprint density at radius 2 is 1.97 bits per heavy atom. The average molecular weight is 436 g/mol. The van der Waals surface area contributed by atoms with Crippen molar-refractivity contribution in [3.8, 4) is 18.0 Å². The molecule has 0 fully saturated rings. The van der Waals surface area contributed by atoms with Crippen LogP contribution in [0.1, 0.15) is 23.9 Å². The van der Waals surface area contributed by atoms with Crippen LogP contribution in [0.25, 0.3) is 27.8 Å². The van der Waals surface area contributed by atoms with Crippen LogP contribution in [0.3, 0.4) is 0 Å². The van der Waals surface area contributed by atoms with E-state index in [-0.39, 0.29) is 17.9 Å².